The van der Waals surface area contributed by atoms with E-state index in [1.807, 2.05) is 24.3 Å². The molecule has 0 saturated heterocycles. The molecule has 0 aliphatic rings. The van der Waals surface area contributed by atoms with Crippen molar-refractivity contribution in [3.05, 3.63) is 41.7 Å². The van der Waals surface area contributed by atoms with Crippen LogP contribution in [0.5, 0.6) is 11.5 Å². The van der Waals surface area contributed by atoms with Gasteiger partial charge in [0.15, 0.2) is 11.5 Å². The molecule has 2 aromatic rings. The maximum Gasteiger partial charge on any atom is 0.271 e. The number of nitrogens with zero attached hydrogens (tertiary/aromatic N) is 1. The third-order valence-corrected chi connectivity index (χ3v) is 3.62. The molecule has 0 unspecified atom stereocenters. The second-order valence-corrected chi connectivity index (χ2v) is 5.44. The molecule has 1 heterocycles. The first-order valence-corrected chi connectivity index (χ1v) is 7.72. The van der Waals surface area contributed by atoms with E-state index in [0.29, 0.717) is 29.7 Å². The van der Waals surface area contributed by atoms with Gasteiger partial charge in [-0.15, -0.1) is 0 Å². The van der Waals surface area contributed by atoms with Crippen molar-refractivity contribution in [2.75, 3.05) is 13.7 Å². The Hall–Kier alpha value is -2.50. The molecule has 0 spiro atoms. The van der Waals surface area contributed by atoms with Gasteiger partial charge in [-0.05, 0) is 24.1 Å². The number of hydrogen-bond acceptors (Lipinski definition) is 4. The Bertz CT molecular complexity index is 640. The molecule has 0 saturated carbocycles. The average molecular weight is 317 g/mol. The molecule has 0 aliphatic carbocycles. The van der Waals surface area contributed by atoms with E-state index < -0.39 is 0 Å². The smallest absolute Gasteiger partial charge is 0.271 e. The molecule has 6 heteroatoms. The van der Waals surface area contributed by atoms with Gasteiger partial charge in [0.2, 0.25) is 0 Å². The molecule has 0 bridgehead atoms. The summed E-state index contributed by atoms with van der Waals surface area (Å²) in [6.07, 6.45) is 1.03. The van der Waals surface area contributed by atoms with Gasteiger partial charge >= 0.3 is 0 Å². The number of carbonyl (C=O) groups excluding carboxylic acids is 1. The number of methoxy groups -OCH3 is 1. The minimum Gasteiger partial charge on any atom is -0.493 e. The summed E-state index contributed by atoms with van der Waals surface area (Å²) in [6.45, 7) is 5.12. The number of nitrogens with one attached hydrogen (secondary N) is 2. The van der Waals surface area contributed by atoms with Gasteiger partial charge in [-0.3, -0.25) is 9.89 Å². The highest BCUT2D eigenvalue weighted by Gasteiger charge is 2.12. The lowest BCUT2D eigenvalue weighted by molar-refractivity contribution is 0.0943. The van der Waals surface area contributed by atoms with E-state index in [1.54, 1.807) is 13.2 Å². The molecule has 124 valence electrons. The zero-order valence-corrected chi connectivity index (χ0v) is 13.8. The number of para-hydroxylation sites is 2. The molecule has 1 aromatic heterocycles. The van der Waals surface area contributed by atoms with Gasteiger partial charge in [0.25, 0.3) is 5.91 Å². The fourth-order valence-electron chi connectivity index (χ4n) is 1.95. The molecule has 0 fully saturated rings. The number of hydrogen-bond donors (Lipinski definition) is 2. The van der Waals surface area contributed by atoms with Crippen LogP contribution in [-0.2, 0) is 6.61 Å². The number of aromatic nitrogens is 2. The summed E-state index contributed by atoms with van der Waals surface area (Å²) in [4.78, 5) is 12.0. The van der Waals surface area contributed by atoms with Crippen LogP contribution < -0.4 is 14.8 Å². The van der Waals surface area contributed by atoms with Crippen molar-refractivity contribution in [3.8, 4) is 11.5 Å². The number of H-pyrrole nitrogens is 1. The van der Waals surface area contributed by atoms with E-state index in [9.17, 15) is 4.79 Å². The molecule has 0 radical (unpaired) electrons. The van der Waals surface area contributed by atoms with Gasteiger partial charge in [-0.25, -0.2) is 0 Å². The Morgan fingerprint density at radius 1 is 1.35 bits per heavy atom. The molecular formula is C17H23N3O3. The Balaban J connectivity index is 1.90. The third kappa shape index (κ3) is 4.74. The maximum absolute atomic E-state index is 12.0. The SMILES string of the molecule is CC[C@H](C)CNC(=O)c1cc(COc2ccccc2OC)[nH]n1. The Morgan fingerprint density at radius 3 is 2.78 bits per heavy atom. The van der Waals surface area contributed by atoms with E-state index in [0.717, 1.165) is 12.1 Å². The van der Waals surface area contributed by atoms with Crippen molar-refractivity contribution in [2.45, 2.75) is 26.9 Å². The highest BCUT2D eigenvalue weighted by Crippen LogP contribution is 2.26. The fourth-order valence-corrected chi connectivity index (χ4v) is 1.95. The van der Waals surface area contributed by atoms with E-state index in [4.69, 9.17) is 9.47 Å². The van der Waals surface area contributed by atoms with Crippen LogP contribution in [0.1, 0.15) is 36.5 Å². The van der Waals surface area contributed by atoms with Gasteiger partial charge < -0.3 is 14.8 Å². The number of ether oxygens (including phenoxy) is 2. The van der Waals surface area contributed by atoms with Gasteiger partial charge in [0.1, 0.15) is 12.3 Å². The highest BCUT2D eigenvalue weighted by atomic mass is 16.5. The molecule has 23 heavy (non-hydrogen) atoms. The Kier molecular flexibility index (Phi) is 6.02. The van der Waals surface area contributed by atoms with Crippen molar-refractivity contribution in [1.82, 2.24) is 15.5 Å². The molecule has 1 aromatic carbocycles. The van der Waals surface area contributed by atoms with Gasteiger partial charge in [0.05, 0.1) is 12.8 Å². The summed E-state index contributed by atoms with van der Waals surface area (Å²) < 4.78 is 10.9. The standard InChI is InChI=1S/C17H23N3O3/c1-4-12(2)10-18-17(21)14-9-13(19-20-14)11-23-16-8-6-5-7-15(16)22-3/h5-9,12H,4,10-11H2,1-3H3,(H,18,21)(H,19,20)/t12-/m0/s1. The molecule has 2 N–H and O–H groups in total. The van der Waals surface area contributed by atoms with Crippen LogP contribution in [0.25, 0.3) is 0 Å². The average Bonchev–Trinajstić information content (AvgIpc) is 3.06. The Morgan fingerprint density at radius 2 is 2.09 bits per heavy atom. The summed E-state index contributed by atoms with van der Waals surface area (Å²) in [6, 6.07) is 9.10. The molecular weight excluding hydrogens is 294 g/mol. The molecule has 1 atom stereocenters. The number of carbonyl (C=O) groups is 1. The Labute approximate surface area is 136 Å². The summed E-state index contributed by atoms with van der Waals surface area (Å²) in [7, 11) is 1.60. The molecule has 1 amide bonds. The van der Waals surface area contributed by atoms with Crippen LogP contribution in [-0.4, -0.2) is 29.8 Å². The van der Waals surface area contributed by atoms with Gasteiger partial charge in [0, 0.05) is 6.54 Å². The monoisotopic (exact) mass is 317 g/mol. The second kappa shape index (κ2) is 8.22. The van der Waals surface area contributed by atoms with Crippen LogP contribution >= 0.6 is 0 Å². The zero-order valence-electron chi connectivity index (χ0n) is 13.8. The number of rotatable bonds is 8. The third-order valence-electron chi connectivity index (χ3n) is 3.62. The van der Waals surface area contributed by atoms with Crippen molar-refractivity contribution in [1.29, 1.82) is 0 Å². The maximum atomic E-state index is 12.0. The largest absolute Gasteiger partial charge is 0.493 e. The summed E-state index contributed by atoms with van der Waals surface area (Å²) in [5.74, 6) is 1.59. The van der Waals surface area contributed by atoms with E-state index in [-0.39, 0.29) is 12.5 Å². The molecule has 6 nitrogen and oxygen atoms in total. The van der Waals surface area contributed by atoms with Crippen LogP contribution in [0.15, 0.2) is 30.3 Å². The predicted molar refractivity (Wildman–Crippen MR) is 87.7 cm³/mol. The van der Waals surface area contributed by atoms with Crippen LogP contribution in [0.3, 0.4) is 0 Å². The quantitative estimate of drug-likeness (QED) is 0.785. The van der Waals surface area contributed by atoms with Crippen molar-refractivity contribution in [2.24, 2.45) is 5.92 Å². The topological polar surface area (TPSA) is 76.2 Å². The molecule has 2 rings (SSSR count). The van der Waals surface area contributed by atoms with Gasteiger partial charge in [-0.1, -0.05) is 32.4 Å². The summed E-state index contributed by atoms with van der Waals surface area (Å²) >= 11 is 0. The van der Waals surface area contributed by atoms with E-state index in [1.165, 1.54) is 0 Å². The number of amides is 1. The minimum atomic E-state index is -0.176. The first kappa shape index (κ1) is 16.9. The second-order valence-electron chi connectivity index (χ2n) is 5.44. The number of benzene rings is 1. The van der Waals surface area contributed by atoms with Gasteiger partial charge in [-0.2, -0.15) is 5.10 Å². The lowest BCUT2D eigenvalue weighted by atomic mass is 10.1. The highest BCUT2D eigenvalue weighted by molar-refractivity contribution is 5.92. The lowest BCUT2D eigenvalue weighted by Crippen LogP contribution is -2.28. The molecule has 0 aliphatic heterocycles. The predicted octanol–water partition coefficient (Wildman–Crippen LogP) is 2.77. The summed E-state index contributed by atoms with van der Waals surface area (Å²) in [5, 5.41) is 9.72. The normalized spacial score (nSPS) is 11.8. The van der Waals surface area contributed by atoms with Crippen LogP contribution in [0.4, 0.5) is 0 Å². The van der Waals surface area contributed by atoms with Crippen LogP contribution in [0, 0.1) is 5.92 Å². The van der Waals surface area contributed by atoms with Crippen LogP contribution in [0.2, 0.25) is 0 Å². The summed E-state index contributed by atoms with van der Waals surface area (Å²) in [5.41, 5.74) is 1.09. The van der Waals surface area contributed by atoms with Crippen molar-refractivity contribution in [3.63, 3.8) is 0 Å². The number of aromatic amines is 1. The minimum absolute atomic E-state index is 0.176. The first-order valence-electron chi connectivity index (χ1n) is 7.72. The zero-order chi connectivity index (χ0) is 16.7. The van der Waals surface area contributed by atoms with E-state index >= 15 is 0 Å². The fraction of sp³-hybridized carbons (Fsp3) is 0.412. The van der Waals surface area contributed by atoms with Crippen molar-refractivity contribution < 1.29 is 14.3 Å². The lowest BCUT2D eigenvalue weighted by Gasteiger charge is -2.09. The van der Waals surface area contributed by atoms with E-state index in [2.05, 4.69) is 29.4 Å². The first-order chi connectivity index (χ1) is 11.1. The van der Waals surface area contributed by atoms with Crippen molar-refractivity contribution >= 4 is 5.91 Å².